The molecule has 1 saturated heterocycles. The average molecular weight is 228 g/mol. The number of likely N-dealkylation sites (N-methyl/N-ethyl adjacent to an activating group) is 1. The maximum atomic E-state index is 6.14. The molecule has 0 amide bonds. The van der Waals surface area contributed by atoms with Gasteiger partial charge in [-0.3, -0.25) is 0 Å². The number of aromatic nitrogens is 2. The first-order chi connectivity index (χ1) is 7.09. The first-order valence-corrected chi connectivity index (χ1v) is 5.88. The van der Waals surface area contributed by atoms with Crippen LogP contribution in [0.2, 0.25) is 5.15 Å². The van der Waals surface area contributed by atoms with Crippen LogP contribution in [0.3, 0.4) is 0 Å². The first-order valence-electron chi connectivity index (χ1n) is 5.50. The molecular weight excluding hydrogens is 210 g/mol. The molecule has 1 aliphatic heterocycles. The number of imidazole rings is 1. The van der Waals surface area contributed by atoms with E-state index in [1.54, 1.807) is 6.20 Å². The Labute approximate surface area is 96.0 Å². The van der Waals surface area contributed by atoms with E-state index in [2.05, 4.69) is 35.3 Å². The summed E-state index contributed by atoms with van der Waals surface area (Å²) >= 11 is 6.14. The topological polar surface area (TPSA) is 21.1 Å². The van der Waals surface area contributed by atoms with Gasteiger partial charge in [0, 0.05) is 18.5 Å². The van der Waals surface area contributed by atoms with E-state index in [1.807, 2.05) is 0 Å². The van der Waals surface area contributed by atoms with Crippen LogP contribution in [0.4, 0.5) is 0 Å². The van der Waals surface area contributed by atoms with E-state index in [0.717, 1.165) is 24.1 Å². The molecule has 1 fully saturated rings. The molecule has 2 heterocycles. The second-order valence-electron chi connectivity index (χ2n) is 4.65. The lowest BCUT2D eigenvalue weighted by Gasteiger charge is -2.17. The summed E-state index contributed by atoms with van der Waals surface area (Å²) in [6.07, 6.45) is 2.96. The highest BCUT2D eigenvalue weighted by Crippen LogP contribution is 2.29. The van der Waals surface area contributed by atoms with E-state index < -0.39 is 0 Å². The van der Waals surface area contributed by atoms with E-state index in [1.165, 1.54) is 6.42 Å². The molecule has 3 nitrogen and oxygen atoms in total. The van der Waals surface area contributed by atoms with Crippen molar-refractivity contribution in [1.82, 2.24) is 14.5 Å². The van der Waals surface area contributed by atoms with Gasteiger partial charge < -0.3 is 9.47 Å². The van der Waals surface area contributed by atoms with Crippen LogP contribution in [0.1, 0.15) is 38.1 Å². The molecule has 1 unspecified atom stereocenters. The Balaban J connectivity index is 2.28. The Morgan fingerprint density at radius 2 is 2.27 bits per heavy atom. The van der Waals surface area contributed by atoms with Gasteiger partial charge in [-0.15, -0.1) is 0 Å². The lowest BCUT2D eigenvalue weighted by Crippen LogP contribution is -2.16. The Hall–Kier alpha value is -0.540. The summed E-state index contributed by atoms with van der Waals surface area (Å²) in [4.78, 5) is 6.80. The van der Waals surface area contributed by atoms with Gasteiger partial charge >= 0.3 is 0 Å². The molecule has 1 aliphatic rings. The molecule has 0 N–H and O–H groups in total. The van der Waals surface area contributed by atoms with E-state index in [9.17, 15) is 0 Å². The Kier molecular flexibility index (Phi) is 3.03. The molecule has 84 valence electrons. The fourth-order valence-electron chi connectivity index (χ4n) is 2.31. The van der Waals surface area contributed by atoms with E-state index in [0.29, 0.717) is 12.0 Å². The van der Waals surface area contributed by atoms with Crippen molar-refractivity contribution < 1.29 is 0 Å². The summed E-state index contributed by atoms with van der Waals surface area (Å²) < 4.78 is 2.14. The molecule has 0 aliphatic carbocycles. The van der Waals surface area contributed by atoms with Crippen molar-refractivity contribution in [1.29, 1.82) is 0 Å². The zero-order valence-electron chi connectivity index (χ0n) is 9.57. The lowest BCUT2D eigenvalue weighted by molar-refractivity contribution is 0.406. The minimum absolute atomic E-state index is 0.390. The smallest absolute Gasteiger partial charge is 0.129 e. The van der Waals surface area contributed by atoms with Crippen LogP contribution >= 0.6 is 11.6 Å². The van der Waals surface area contributed by atoms with Gasteiger partial charge in [0.2, 0.25) is 0 Å². The van der Waals surface area contributed by atoms with Crippen LogP contribution in [0.15, 0.2) is 6.20 Å². The summed E-state index contributed by atoms with van der Waals surface area (Å²) in [6.45, 7) is 6.55. The third-order valence-electron chi connectivity index (χ3n) is 3.05. The fourth-order valence-corrected chi connectivity index (χ4v) is 2.64. The van der Waals surface area contributed by atoms with Gasteiger partial charge in [-0.05, 0) is 33.9 Å². The standard InChI is InChI=1S/C11H18ClN3/c1-8(2)15-10(12)6-13-11(15)9-4-5-14(3)7-9/h6,8-9H,4-5,7H2,1-3H3. The molecule has 1 aromatic rings. The third kappa shape index (κ3) is 2.04. The minimum Gasteiger partial charge on any atom is -0.316 e. The summed E-state index contributed by atoms with van der Waals surface area (Å²) in [6, 6.07) is 0.390. The van der Waals surface area contributed by atoms with Gasteiger partial charge in [-0.2, -0.15) is 0 Å². The minimum atomic E-state index is 0.390. The van der Waals surface area contributed by atoms with Crippen LogP contribution < -0.4 is 0 Å². The van der Waals surface area contributed by atoms with Gasteiger partial charge in [0.25, 0.3) is 0 Å². The Morgan fingerprint density at radius 3 is 2.80 bits per heavy atom. The zero-order chi connectivity index (χ0) is 11.0. The predicted molar refractivity (Wildman–Crippen MR) is 62.5 cm³/mol. The number of halogens is 1. The van der Waals surface area contributed by atoms with Crippen LogP contribution in [-0.4, -0.2) is 34.6 Å². The highest BCUT2D eigenvalue weighted by atomic mass is 35.5. The maximum absolute atomic E-state index is 6.14. The molecule has 15 heavy (non-hydrogen) atoms. The van der Waals surface area contributed by atoms with E-state index in [4.69, 9.17) is 11.6 Å². The number of hydrogen-bond donors (Lipinski definition) is 0. The van der Waals surface area contributed by atoms with Crippen LogP contribution in [0, 0.1) is 0 Å². The first kappa shape index (κ1) is 11.0. The van der Waals surface area contributed by atoms with Crippen molar-refractivity contribution in [2.24, 2.45) is 0 Å². The monoisotopic (exact) mass is 227 g/mol. The molecule has 0 spiro atoms. The number of hydrogen-bond acceptors (Lipinski definition) is 2. The zero-order valence-corrected chi connectivity index (χ0v) is 10.3. The van der Waals surface area contributed by atoms with Gasteiger partial charge in [-0.1, -0.05) is 11.6 Å². The number of rotatable bonds is 2. The number of nitrogens with zero attached hydrogens (tertiary/aromatic N) is 3. The normalized spacial score (nSPS) is 22.9. The highest BCUT2D eigenvalue weighted by molar-refractivity contribution is 6.29. The van der Waals surface area contributed by atoms with Crippen molar-refractivity contribution in [3.8, 4) is 0 Å². The van der Waals surface area contributed by atoms with Gasteiger partial charge in [0.05, 0.1) is 6.20 Å². The second kappa shape index (κ2) is 4.14. The largest absolute Gasteiger partial charge is 0.316 e. The van der Waals surface area contributed by atoms with E-state index in [-0.39, 0.29) is 0 Å². The van der Waals surface area contributed by atoms with E-state index >= 15 is 0 Å². The molecule has 0 radical (unpaired) electrons. The Bertz CT molecular complexity index is 346. The summed E-state index contributed by atoms with van der Waals surface area (Å²) in [5.41, 5.74) is 0. The van der Waals surface area contributed by atoms with Gasteiger partial charge in [0.1, 0.15) is 11.0 Å². The molecular formula is C11H18ClN3. The van der Waals surface area contributed by atoms with Crippen molar-refractivity contribution in [2.45, 2.75) is 32.2 Å². The van der Waals surface area contributed by atoms with Gasteiger partial charge in [0.15, 0.2) is 0 Å². The predicted octanol–water partition coefficient (Wildman–Crippen LogP) is 2.54. The van der Waals surface area contributed by atoms with Crippen LogP contribution in [0.25, 0.3) is 0 Å². The number of likely N-dealkylation sites (tertiary alicyclic amines) is 1. The quantitative estimate of drug-likeness (QED) is 0.774. The molecule has 0 aromatic carbocycles. The maximum Gasteiger partial charge on any atom is 0.129 e. The Morgan fingerprint density at radius 1 is 1.53 bits per heavy atom. The molecule has 2 rings (SSSR count). The highest BCUT2D eigenvalue weighted by Gasteiger charge is 2.26. The van der Waals surface area contributed by atoms with Crippen molar-refractivity contribution >= 4 is 11.6 Å². The average Bonchev–Trinajstić information content (AvgIpc) is 2.71. The SMILES string of the molecule is CC(C)n1c(Cl)cnc1C1CCN(C)C1. The van der Waals surface area contributed by atoms with Crippen molar-refractivity contribution in [2.75, 3.05) is 20.1 Å². The van der Waals surface area contributed by atoms with Crippen LogP contribution in [-0.2, 0) is 0 Å². The summed E-state index contributed by atoms with van der Waals surface area (Å²) in [5, 5.41) is 0.759. The molecule has 1 atom stereocenters. The fraction of sp³-hybridized carbons (Fsp3) is 0.727. The summed E-state index contributed by atoms with van der Waals surface area (Å²) in [5.74, 6) is 1.70. The van der Waals surface area contributed by atoms with Crippen LogP contribution in [0.5, 0.6) is 0 Å². The second-order valence-corrected chi connectivity index (χ2v) is 5.04. The summed E-state index contributed by atoms with van der Waals surface area (Å²) in [7, 11) is 2.16. The molecule has 0 bridgehead atoms. The van der Waals surface area contributed by atoms with Gasteiger partial charge in [-0.25, -0.2) is 4.98 Å². The molecule has 0 saturated carbocycles. The van der Waals surface area contributed by atoms with Crippen molar-refractivity contribution in [3.63, 3.8) is 0 Å². The third-order valence-corrected chi connectivity index (χ3v) is 3.33. The lowest BCUT2D eigenvalue weighted by atomic mass is 10.1. The molecule has 1 aromatic heterocycles. The molecule has 4 heteroatoms. The van der Waals surface area contributed by atoms with Crippen molar-refractivity contribution in [3.05, 3.63) is 17.2 Å².